The van der Waals surface area contributed by atoms with Crippen LogP contribution in [0, 0.1) is 0 Å². The highest BCUT2D eigenvalue weighted by Gasteiger charge is 2.03. The first-order valence-electron chi connectivity index (χ1n) is 6.92. The molecule has 0 bridgehead atoms. The molecule has 0 unspecified atom stereocenters. The molecule has 0 heterocycles. The third kappa shape index (κ3) is 3.14. The van der Waals surface area contributed by atoms with E-state index in [0.717, 1.165) is 0 Å². The Morgan fingerprint density at radius 2 is 0.857 bits per heavy atom. The van der Waals surface area contributed by atoms with Gasteiger partial charge in [0.2, 0.25) is 0 Å². The molecule has 0 spiro atoms. The summed E-state index contributed by atoms with van der Waals surface area (Å²) >= 11 is 3.68. The Morgan fingerprint density at radius 1 is 0.476 bits per heavy atom. The summed E-state index contributed by atoms with van der Waals surface area (Å²) in [4.78, 5) is 0. The van der Waals surface area contributed by atoms with Crippen LogP contribution in [0.1, 0.15) is 0 Å². The summed E-state index contributed by atoms with van der Waals surface area (Å²) in [5, 5.41) is 5.11. The van der Waals surface area contributed by atoms with Crippen molar-refractivity contribution in [3.05, 3.63) is 95.5 Å². The van der Waals surface area contributed by atoms with Crippen molar-refractivity contribution in [2.24, 2.45) is 0 Å². The smallest absolute Gasteiger partial charge is 0.0332 e. The molecule has 1 heteroatoms. The Morgan fingerprint density at radius 3 is 1.29 bits per heavy atom. The van der Waals surface area contributed by atoms with Gasteiger partial charge in [0.05, 0.1) is 0 Å². The van der Waals surface area contributed by atoms with Crippen LogP contribution in [0.4, 0.5) is 0 Å². The summed E-state index contributed by atoms with van der Waals surface area (Å²) in [7, 11) is 0. The Kier molecular flexibility index (Phi) is 4.32. The predicted octanol–water partition coefficient (Wildman–Crippen LogP) is 6.44. The van der Waals surface area contributed by atoms with E-state index in [0.29, 0.717) is 0 Å². The monoisotopic (exact) mass is 334 g/mol. The predicted molar refractivity (Wildman–Crippen MR) is 95.6 cm³/mol. The highest BCUT2D eigenvalue weighted by atomic mass is 79.9. The molecule has 0 aliphatic heterocycles. The minimum Gasteiger partial charge on any atom is -0.0623 e. The lowest BCUT2D eigenvalue weighted by Gasteiger charge is -2.05. The molecule has 0 fully saturated rings. The molecule has 0 atom stereocenters. The molecule has 21 heavy (non-hydrogen) atoms. The highest BCUT2D eigenvalue weighted by molar-refractivity contribution is 9.10. The SMILES string of the molecule is Brc1c2ccccc2cc2ccccc12.c1ccccc1. The van der Waals surface area contributed by atoms with Crippen molar-refractivity contribution in [3.8, 4) is 0 Å². The zero-order valence-electron chi connectivity index (χ0n) is 11.5. The zero-order valence-corrected chi connectivity index (χ0v) is 13.1. The first kappa shape index (κ1) is 13.8. The fourth-order valence-corrected chi connectivity index (χ4v) is 3.07. The molecular formula is C20H15Br. The molecule has 0 nitrogen and oxygen atoms in total. The van der Waals surface area contributed by atoms with Crippen LogP contribution in [0.15, 0.2) is 95.5 Å². The van der Waals surface area contributed by atoms with Crippen LogP contribution in [0.3, 0.4) is 0 Å². The van der Waals surface area contributed by atoms with Crippen LogP contribution in [0.5, 0.6) is 0 Å². The normalized spacial score (nSPS) is 10.1. The average Bonchev–Trinajstić information content (AvgIpc) is 2.57. The molecule has 0 aromatic heterocycles. The standard InChI is InChI=1S/C14H9Br.C6H6/c15-14-12-7-3-1-5-10(12)9-11-6-2-4-8-13(11)14;1-2-4-6-5-3-1/h1-9H;1-6H. The van der Waals surface area contributed by atoms with Crippen molar-refractivity contribution < 1.29 is 0 Å². The first-order chi connectivity index (χ1) is 10.4. The van der Waals surface area contributed by atoms with Gasteiger partial charge in [-0.3, -0.25) is 0 Å². The number of halogens is 1. The van der Waals surface area contributed by atoms with Gasteiger partial charge < -0.3 is 0 Å². The van der Waals surface area contributed by atoms with Crippen molar-refractivity contribution in [2.45, 2.75) is 0 Å². The quantitative estimate of drug-likeness (QED) is 0.324. The molecule has 0 saturated carbocycles. The molecule has 0 amide bonds. The molecule has 0 saturated heterocycles. The summed E-state index contributed by atoms with van der Waals surface area (Å²) < 4.78 is 1.19. The van der Waals surface area contributed by atoms with Crippen LogP contribution in [0.2, 0.25) is 0 Å². The summed E-state index contributed by atoms with van der Waals surface area (Å²) in [6.45, 7) is 0. The van der Waals surface area contributed by atoms with Gasteiger partial charge in [0, 0.05) is 4.47 Å². The van der Waals surface area contributed by atoms with E-state index in [4.69, 9.17) is 0 Å². The number of fused-ring (bicyclic) bond motifs is 2. The summed E-state index contributed by atoms with van der Waals surface area (Å²) in [5.41, 5.74) is 0. The van der Waals surface area contributed by atoms with Gasteiger partial charge in [-0.1, -0.05) is 84.9 Å². The Bertz CT molecular complexity index is 770. The van der Waals surface area contributed by atoms with E-state index in [1.165, 1.54) is 26.0 Å². The van der Waals surface area contributed by atoms with E-state index in [1.807, 2.05) is 36.4 Å². The topological polar surface area (TPSA) is 0 Å². The molecular weight excluding hydrogens is 320 g/mol. The highest BCUT2D eigenvalue weighted by Crippen LogP contribution is 2.32. The summed E-state index contributed by atoms with van der Waals surface area (Å²) in [6, 6.07) is 31.1. The molecule has 4 rings (SSSR count). The molecule has 4 aromatic carbocycles. The van der Waals surface area contributed by atoms with Crippen molar-refractivity contribution in [1.82, 2.24) is 0 Å². The van der Waals surface area contributed by atoms with Crippen LogP contribution >= 0.6 is 15.9 Å². The second-order valence-corrected chi connectivity index (χ2v) is 5.58. The van der Waals surface area contributed by atoms with Crippen LogP contribution < -0.4 is 0 Å². The van der Waals surface area contributed by atoms with E-state index in [1.54, 1.807) is 0 Å². The van der Waals surface area contributed by atoms with Gasteiger partial charge >= 0.3 is 0 Å². The lowest BCUT2D eigenvalue weighted by atomic mass is 10.0. The molecule has 0 N–H and O–H groups in total. The molecule has 102 valence electrons. The number of hydrogen-bond acceptors (Lipinski definition) is 0. The van der Waals surface area contributed by atoms with Gasteiger partial charge in [-0.25, -0.2) is 0 Å². The van der Waals surface area contributed by atoms with E-state index in [2.05, 4.69) is 70.5 Å². The lowest BCUT2D eigenvalue weighted by Crippen LogP contribution is -1.78. The second-order valence-electron chi connectivity index (χ2n) is 4.79. The molecule has 0 radical (unpaired) electrons. The maximum Gasteiger partial charge on any atom is 0.0332 e. The second kappa shape index (κ2) is 6.55. The van der Waals surface area contributed by atoms with Crippen LogP contribution in [-0.4, -0.2) is 0 Å². The minimum atomic E-state index is 1.19. The Labute approximate surface area is 133 Å². The Hall–Kier alpha value is -2.12. The third-order valence-electron chi connectivity index (χ3n) is 3.37. The third-order valence-corrected chi connectivity index (χ3v) is 4.23. The average molecular weight is 335 g/mol. The van der Waals surface area contributed by atoms with Crippen molar-refractivity contribution in [2.75, 3.05) is 0 Å². The van der Waals surface area contributed by atoms with Crippen LogP contribution in [0.25, 0.3) is 21.5 Å². The van der Waals surface area contributed by atoms with Gasteiger partial charge in [-0.2, -0.15) is 0 Å². The van der Waals surface area contributed by atoms with Gasteiger partial charge in [-0.15, -0.1) is 0 Å². The first-order valence-corrected chi connectivity index (χ1v) is 7.71. The van der Waals surface area contributed by atoms with Gasteiger partial charge in [0.25, 0.3) is 0 Å². The fraction of sp³-hybridized carbons (Fsp3) is 0. The van der Waals surface area contributed by atoms with Crippen molar-refractivity contribution >= 4 is 37.5 Å². The minimum absolute atomic E-state index is 1.19. The fourth-order valence-electron chi connectivity index (χ4n) is 2.34. The largest absolute Gasteiger partial charge is 0.0623 e. The van der Waals surface area contributed by atoms with E-state index in [-0.39, 0.29) is 0 Å². The van der Waals surface area contributed by atoms with E-state index in [9.17, 15) is 0 Å². The van der Waals surface area contributed by atoms with E-state index < -0.39 is 0 Å². The maximum absolute atomic E-state index is 3.68. The van der Waals surface area contributed by atoms with Gasteiger partial charge in [-0.05, 0) is 43.5 Å². The summed E-state index contributed by atoms with van der Waals surface area (Å²) in [6.07, 6.45) is 0. The number of hydrogen-bond donors (Lipinski definition) is 0. The summed E-state index contributed by atoms with van der Waals surface area (Å²) in [5.74, 6) is 0. The lowest BCUT2D eigenvalue weighted by molar-refractivity contribution is 1.72. The van der Waals surface area contributed by atoms with Crippen LogP contribution in [-0.2, 0) is 0 Å². The zero-order chi connectivity index (χ0) is 14.5. The maximum atomic E-state index is 3.68. The van der Waals surface area contributed by atoms with Gasteiger partial charge in [0.15, 0.2) is 0 Å². The number of benzene rings is 4. The number of rotatable bonds is 0. The molecule has 4 aromatic rings. The Balaban J connectivity index is 0.000000186. The molecule has 0 aliphatic carbocycles. The van der Waals surface area contributed by atoms with Gasteiger partial charge in [0.1, 0.15) is 0 Å². The molecule has 0 aliphatic rings. The van der Waals surface area contributed by atoms with Crippen molar-refractivity contribution in [3.63, 3.8) is 0 Å². The van der Waals surface area contributed by atoms with Crippen molar-refractivity contribution in [1.29, 1.82) is 0 Å². The van der Waals surface area contributed by atoms with E-state index >= 15 is 0 Å².